The first kappa shape index (κ1) is 15.4. The molecule has 0 radical (unpaired) electrons. The monoisotopic (exact) mass is 360 g/mol. The van der Waals surface area contributed by atoms with Gasteiger partial charge in [0.25, 0.3) is 0 Å². The Hall–Kier alpha value is -3.64. The normalized spacial score (nSPS) is 12.1. The highest BCUT2D eigenvalue weighted by molar-refractivity contribution is 6.26. The third-order valence-corrected chi connectivity index (χ3v) is 6.17. The van der Waals surface area contributed by atoms with Gasteiger partial charge >= 0.3 is 0 Å². The largest absolute Gasteiger partial charge is 0.308 e. The van der Waals surface area contributed by atoms with Crippen LogP contribution in [0.5, 0.6) is 0 Å². The summed E-state index contributed by atoms with van der Waals surface area (Å²) < 4.78 is 4.62. The fourth-order valence-electron chi connectivity index (χ4n) is 4.97. The van der Waals surface area contributed by atoms with E-state index in [0.29, 0.717) is 5.69 Å². The number of benzene rings is 3. The van der Waals surface area contributed by atoms with Crippen LogP contribution in [0.4, 0.5) is 5.69 Å². The summed E-state index contributed by atoms with van der Waals surface area (Å²) in [6, 6.07) is 17.2. The summed E-state index contributed by atoms with van der Waals surface area (Å²) >= 11 is 0. The second kappa shape index (κ2) is 4.99. The quantitative estimate of drug-likeness (QED) is 0.137. The number of fused-ring (bicyclic) bond motifs is 5. The van der Waals surface area contributed by atoms with E-state index in [4.69, 9.17) is 6.57 Å². The Balaban J connectivity index is 2.16. The van der Waals surface area contributed by atoms with Gasteiger partial charge in [0.15, 0.2) is 11.9 Å². The van der Waals surface area contributed by atoms with E-state index in [1.54, 1.807) is 0 Å². The molecule has 0 fully saturated rings. The van der Waals surface area contributed by atoms with Gasteiger partial charge in [-0.2, -0.15) is 0 Å². The van der Waals surface area contributed by atoms with E-state index in [9.17, 15) is 0 Å². The number of para-hydroxylation sites is 1. The van der Waals surface area contributed by atoms with E-state index in [-0.39, 0.29) is 0 Å². The lowest BCUT2D eigenvalue weighted by molar-refractivity contribution is -0.643. The van der Waals surface area contributed by atoms with Gasteiger partial charge in [0, 0.05) is 16.8 Å². The summed E-state index contributed by atoms with van der Waals surface area (Å²) in [7, 11) is 2.11. The zero-order valence-corrected chi connectivity index (χ0v) is 16.0. The van der Waals surface area contributed by atoms with Crippen LogP contribution in [0.25, 0.3) is 53.8 Å². The van der Waals surface area contributed by atoms with Gasteiger partial charge in [-0.15, -0.1) is 0 Å². The standard InChI is InChI=1S/C25H18N3/c1-14-8-9-19-18-7-5-6-15(2)23(18)28-20-13-17(26-3)12-16-10-11-27(4)25(22(16)20)21(14)24(19)28/h5-13H,1-2,4H3/q+1. The van der Waals surface area contributed by atoms with Crippen LogP contribution in [0.1, 0.15) is 11.1 Å². The van der Waals surface area contributed by atoms with Gasteiger partial charge in [-0.25, -0.2) is 9.41 Å². The highest BCUT2D eigenvalue weighted by Gasteiger charge is 2.24. The van der Waals surface area contributed by atoms with Crippen molar-refractivity contribution in [3.63, 3.8) is 0 Å². The molecule has 3 aromatic carbocycles. The lowest BCUT2D eigenvalue weighted by Gasteiger charge is -2.13. The molecule has 0 bridgehead atoms. The molecule has 0 atom stereocenters. The molecule has 3 aromatic heterocycles. The number of aromatic nitrogens is 2. The molecular formula is C25H18N3+. The molecule has 0 saturated heterocycles. The Bertz CT molecular complexity index is 1640. The molecule has 0 amide bonds. The fourth-order valence-corrected chi connectivity index (χ4v) is 4.97. The third-order valence-electron chi connectivity index (χ3n) is 6.17. The number of rotatable bonds is 0. The Kier molecular flexibility index (Phi) is 2.75. The second-order valence-corrected chi connectivity index (χ2v) is 7.78. The molecular weight excluding hydrogens is 342 g/mol. The van der Waals surface area contributed by atoms with Crippen molar-refractivity contribution >= 4 is 54.7 Å². The van der Waals surface area contributed by atoms with Gasteiger partial charge in [-0.1, -0.05) is 30.3 Å². The minimum atomic E-state index is 0.682. The SMILES string of the molecule is [C-]#[N+]c1cc2cc[n+](C)c3c4c(C)ccc5c6cccc(C)c6n(c(c1)c23)c54. The predicted molar refractivity (Wildman–Crippen MR) is 116 cm³/mol. The van der Waals surface area contributed by atoms with E-state index in [1.165, 1.54) is 49.2 Å². The van der Waals surface area contributed by atoms with Crippen LogP contribution in [-0.2, 0) is 7.05 Å². The average molecular weight is 360 g/mol. The molecule has 28 heavy (non-hydrogen) atoms. The Morgan fingerprint density at radius 2 is 1.71 bits per heavy atom. The number of hydrogen-bond donors (Lipinski definition) is 0. The predicted octanol–water partition coefficient (Wildman–Crippen LogP) is 5.98. The van der Waals surface area contributed by atoms with E-state index in [1.807, 2.05) is 6.07 Å². The summed E-state index contributed by atoms with van der Waals surface area (Å²) in [5, 5.41) is 6.18. The maximum Gasteiger partial charge on any atom is 0.224 e. The van der Waals surface area contributed by atoms with E-state index >= 15 is 0 Å². The molecule has 132 valence electrons. The number of pyridine rings is 2. The maximum atomic E-state index is 7.61. The Labute approximate surface area is 162 Å². The molecule has 0 N–H and O–H groups in total. The zero-order chi connectivity index (χ0) is 19.2. The first-order valence-corrected chi connectivity index (χ1v) is 9.48. The van der Waals surface area contributed by atoms with E-state index in [0.717, 1.165) is 10.9 Å². The van der Waals surface area contributed by atoms with E-state index in [2.05, 4.69) is 83.4 Å². The van der Waals surface area contributed by atoms with E-state index < -0.39 is 0 Å². The molecule has 0 spiro atoms. The van der Waals surface area contributed by atoms with Crippen molar-refractivity contribution < 1.29 is 4.57 Å². The molecule has 0 aliphatic carbocycles. The number of hydrogen-bond acceptors (Lipinski definition) is 0. The van der Waals surface area contributed by atoms with Gasteiger partial charge in [-0.05, 0) is 42.5 Å². The molecule has 0 saturated carbocycles. The van der Waals surface area contributed by atoms with Crippen LogP contribution in [-0.4, -0.2) is 4.40 Å². The van der Waals surface area contributed by atoms with Crippen molar-refractivity contribution in [1.82, 2.24) is 4.40 Å². The lowest BCUT2D eigenvalue weighted by Crippen LogP contribution is -2.28. The van der Waals surface area contributed by atoms with Gasteiger partial charge in [0.05, 0.1) is 33.9 Å². The van der Waals surface area contributed by atoms with Crippen LogP contribution >= 0.6 is 0 Å². The molecule has 6 rings (SSSR count). The van der Waals surface area contributed by atoms with Crippen LogP contribution < -0.4 is 4.57 Å². The molecule has 0 aliphatic heterocycles. The minimum Gasteiger partial charge on any atom is -0.308 e. The summed E-state index contributed by atoms with van der Waals surface area (Å²) in [5.74, 6) is 0. The molecule has 0 unspecified atom stereocenters. The van der Waals surface area contributed by atoms with Crippen molar-refractivity contribution in [2.45, 2.75) is 13.8 Å². The Morgan fingerprint density at radius 3 is 2.54 bits per heavy atom. The molecule has 3 nitrogen and oxygen atoms in total. The van der Waals surface area contributed by atoms with Gasteiger partial charge < -0.3 is 4.40 Å². The first-order chi connectivity index (χ1) is 13.6. The maximum absolute atomic E-state index is 7.61. The fraction of sp³-hybridized carbons (Fsp3) is 0.120. The summed E-state index contributed by atoms with van der Waals surface area (Å²) in [6.07, 6.45) is 2.11. The Morgan fingerprint density at radius 1 is 0.893 bits per heavy atom. The van der Waals surface area contributed by atoms with Crippen molar-refractivity contribution in [2.24, 2.45) is 7.05 Å². The van der Waals surface area contributed by atoms with Crippen LogP contribution in [0.2, 0.25) is 0 Å². The highest BCUT2D eigenvalue weighted by atomic mass is 15.0. The van der Waals surface area contributed by atoms with Gasteiger partial charge in [-0.3, -0.25) is 0 Å². The van der Waals surface area contributed by atoms with Gasteiger partial charge in [0.1, 0.15) is 7.05 Å². The first-order valence-electron chi connectivity index (χ1n) is 9.48. The lowest BCUT2D eigenvalue weighted by atomic mass is 9.99. The zero-order valence-electron chi connectivity index (χ0n) is 16.0. The van der Waals surface area contributed by atoms with Crippen molar-refractivity contribution in [3.05, 3.63) is 77.3 Å². The second-order valence-electron chi connectivity index (χ2n) is 7.78. The molecule has 3 heteroatoms. The summed E-state index contributed by atoms with van der Waals surface area (Å²) in [6.45, 7) is 12.0. The topological polar surface area (TPSA) is 12.7 Å². The van der Waals surface area contributed by atoms with Crippen molar-refractivity contribution in [3.8, 4) is 0 Å². The number of aryl methyl sites for hydroxylation is 3. The average Bonchev–Trinajstić information content (AvgIpc) is 3.04. The third kappa shape index (κ3) is 1.66. The smallest absolute Gasteiger partial charge is 0.224 e. The van der Waals surface area contributed by atoms with Crippen LogP contribution in [0, 0.1) is 20.4 Å². The molecule has 6 aromatic rings. The van der Waals surface area contributed by atoms with Crippen molar-refractivity contribution in [2.75, 3.05) is 0 Å². The minimum absolute atomic E-state index is 0.682. The van der Waals surface area contributed by atoms with Crippen molar-refractivity contribution in [1.29, 1.82) is 0 Å². The number of nitrogens with zero attached hydrogens (tertiary/aromatic N) is 3. The molecule has 3 heterocycles. The van der Waals surface area contributed by atoms with Gasteiger partial charge in [0.2, 0.25) is 5.52 Å². The summed E-state index contributed by atoms with van der Waals surface area (Å²) in [5.41, 5.74) is 8.05. The highest BCUT2D eigenvalue weighted by Crippen LogP contribution is 2.42. The van der Waals surface area contributed by atoms with Crippen LogP contribution in [0.15, 0.2) is 54.7 Å². The summed E-state index contributed by atoms with van der Waals surface area (Å²) in [4.78, 5) is 3.76. The molecule has 0 aliphatic rings. The van der Waals surface area contributed by atoms with Crippen LogP contribution in [0.3, 0.4) is 0 Å².